The minimum absolute atomic E-state index is 0.138. The number of urea groups is 1. The van der Waals surface area contributed by atoms with Gasteiger partial charge in [-0.15, -0.1) is 0 Å². The Labute approximate surface area is 197 Å². The lowest BCUT2D eigenvalue weighted by molar-refractivity contribution is 0.0674. The maximum atomic E-state index is 13.4. The van der Waals surface area contributed by atoms with Gasteiger partial charge in [0.1, 0.15) is 0 Å². The van der Waals surface area contributed by atoms with Crippen molar-refractivity contribution < 1.29 is 9.59 Å². The second kappa shape index (κ2) is 10.4. The van der Waals surface area contributed by atoms with Crippen molar-refractivity contribution in [1.82, 2.24) is 14.8 Å². The first-order chi connectivity index (χ1) is 15.9. The van der Waals surface area contributed by atoms with Gasteiger partial charge in [0.25, 0.3) is 5.91 Å². The van der Waals surface area contributed by atoms with Crippen LogP contribution >= 0.6 is 0 Å². The smallest absolute Gasteiger partial charge is 0.319 e. The van der Waals surface area contributed by atoms with Crippen molar-refractivity contribution in [2.45, 2.75) is 71.8 Å². The number of hydrogen-bond donors (Lipinski definition) is 2. The van der Waals surface area contributed by atoms with Crippen LogP contribution in [0.3, 0.4) is 0 Å². The summed E-state index contributed by atoms with van der Waals surface area (Å²) in [4.78, 5) is 27.7. The number of piperidine rings is 1. The first kappa shape index (κ1) is 23.4. The molecule has 1 aliphatic carbocycles. The Morgan fingerprint density at radius 3 is 2.42 bits per heavy atom. The molecule has 1 unspecified atom stereocenters. The van der Waals surface area contributed by atoms with E-state index in [0.717, 1.165) is 41.9 Å². The number of anilines is 1. The highest BCUT2D eigenvalue weighted by Gasteiger charge is 2.28. The van der Waals surface area contributed by atoms with Crippen LogP contribution in [0.4, 0.5) is 10.5 Å². The molecule has 4 rings (SSSR count). The number of nitrogens with one attached hydrogen (secondary N) is 2. The number of amides is 3. The normalized spacial score (nSPS) is 19.4. The van der Waals surface area contributed by atoms with Crippen molar-refractivity contribution in [3.63, 3.8) is 0 Å². The molecule has 2 N–H and O–H groups in total. The van der Waals surface area contributed by atoms with Crippen molar-refractivity contribution in [3.05, 3.63) is 52.8 Å². The molecule has 1 saturated carbocycles. The number of hydrogen-bond acceptors (Lipinski definition) is 2. The minimum Gasteiger partial charge on any atom is -0.345 e. The van der Waals surface area contributed by atoms with Crippen molar-refractivity contribution in [2.75, 3.05) is 25.0 Å². The summed E-state index contributed by atoms with van der Waals surface area (Å²) in [7, 11) is 0. The highest BCUT2D eigenvalue weighted by Crippen LogP contribution is 2.33. The average Bonchev–Trinajstić information content (AvgIpc) is 3.13. The number of nitrogens with zero attached hydrogens (tertiary/aromatic N) is 2. The van der Waals surface area contributed by atoms with E-state index in [1.165, 1.54) is 37.8 Å². The van der Waals surface area contributed by atoms with E-state index in [4.69, 9.17) is 0 Å². The standard InChI is InChI=1S/C27H38N4O2/c1-19-11-13-23(14-12-19)29-27(33)28-17-22-8-7-15-30(18-22)26(32)25-16-20(2)31(21(25)3)24-9-5-4-6-10-24/h11-14,16,22,24H,4-10,15,17-18H2,1-3H3,(H2,28,29,33). The molecule has 2 fully saturated rings. The number of aryl methyl sites for hydroxylation is 2. The van der Waals surface area contributed by atoms with Gasteiger partial charge in [-0.25, -0.2) is 4.79 Å². The van der Waals surface area contributed by atoms with Gasteiger partial charge in [0.2, 0.25) is 0 Å². The summed E-state index contributed by atoms with van der Waals surface area (Å²) in [6.07, 6.45) is 8.31. The van der Waals surface area contributed by atoms with Crippen LogP contribution in [-0.2, 0) is 0 Å². The van der Waals surface area contributed by atoms with E-state index >= 15 is 0 Å². The monoisotopic (exact) mass is 450 g/mol. The highest BCUT2D eigenvalue weighted by molar-refractivity contribution is 5.96. The van der Waals surface area contributed by atoms with Crippen LogP contribution < -0.4 is 10.6 Å². The summed E-state index contributed by atoms with van der Waals surface area (Å²) < 4.78 is 2.41. The molecule has 3 amide bonds. The molecule has 2 aromatic rings. The Bertz CT molecular complexity index is 973. The van der Waals surface area contributed by atoms with Gasteiger partial charge in [-0.1, -0.05) is 37.0 Å². The molecule has 0 bridgehead atoms. The third-order valence-electron chi connectivity index (χ3n) is 7.32. The van der Waals surface area contributed by atoms with Crippen LogP contribution in [0.25, 0.3) is 0 Å². The zero-order valence-corrected chi connectivity index (χ0v) is 20.3. The highest BCUT2D eigenvalue weighted by atomic mass is 16.2. The number of aromatic nitrogens is 1. The average molecular weight is 451 g/mol. The van der Waals surface area contributed by atoms with Crippen LogP contribution in [0.15, 0.2) is 30.3 Å². The lowest BCUT2D eigenvalue weighted by Crippen LogP contribution is -2.44. The minimum atomic E-state index is -0.196. The van der Waals surface area contributed by atoms with E-state index in [9.17, 15) is 9.59 Å². The van der Waals surface area contributed by atoms with Crippen molar-refractivity contribution in [1.29, 1.82) is 0 Å². The SMILES string of the molecule is Cc1ccc(NC(=O)NCC2CCCN(C(=O)c3cc(C)n(C4CCCCC4)c3C)C2)cc1. The number of carbonyl (C=O) groups excluding carboxylic acids is 2. The molecule has 0 radical (unpaired) electrons. The quantitative estimate of drug-likeness (QED) is 0.623. The van der Waals surface area contributed by atoms with Crippen LogP contribution in [0.5, 0.6) is 0 Å². The summed E-state index contributed by atoms with van der Waals surface area (Å²) in [5, 5.41) is 5.87. The Morgan fingerprint density at radius 2 is 1.70 bits per heavy atom. The van der Waals surface area contributed by atoms with Crippen molar-refractivity contribution in [2.24, 2.45) is 5.92 Å². The Kier molecular flexibility index (Phi) is 7.41. The molecular weight excluding hydrogens is 412 g/mol. The van der Waals surface area contributed by atoms with Crippen molar-refractivity contribution in [3.8, 4) is 0 Å². The third kappa shape index (κ3) is 5.60. The summed E-state index contributed by atoms with van der Waals surface area (Å²) in [6, 6.07) is 10.2. The fourth-order valence-electron chi connectivity index (χ4n) is 5.53. The fourth-order valence-corrected chi connectivity index (χ4v) is 5.53. The third-order valence-corrected chi connectivity index (χ3v) is 7.32. The van der Waals surface area contributed by atoms with Gasteiger partial charge < -0.3 is 20.1 Å². The molecule has 1 aromatic carbocycles. The zero-order chi connectivity index (χ0) is 23.4. The number of rotatable bonds is 5. The van der Waals surface area contributed by atoms with Crippen LogP contribution in [0, 0.1) is 26.7 Å². The maximum Gasteiger partial charge on any atom is 0.319 e. The molecule has 6 heteroatoms. The molecule has 1 aliphatic heterocycles. The van der Waals surface area contributed by atoms with E-state index in [-0.39, 0.29) is 17.9 Å². The molecule has 178 valence electrons. The molecule has 0 spiro atoms. The Hall–Kier alpha value is -2.76. The topological polar surface area (TPSA) is 66.4 Å². The summed E-state index contributed by atoms with van der Waals surface area (Å²) >= 11 is 0. The lowest BCUT2D eigenvalue weighted by atomic mass is 9.95. The summed E-state index contributed by atoms with van der Waals surface area (Å²) in [5.74, 6) is 0.410. The van der Waals surface area contributed by atoms with Gasteiger partial charge in [0.05, 0.1) is 5.56 Å². The predicted molar refractivity (Wildman–Crippen MR) is 133 cm³/mol. The second-order valence-electron chi connectivity index (χ2n) is 9.91. The first-order valence-electron chi connectivity index (χ1n) is 12.5. The molecule has 6 nitrogen and oxygen atoms in total. The summed E-state index contributed by atoms with van der Waals surface area (Å²) in [5.41, 5.74) is 5.11. The second-order valence-corrected chi connectivity index (χ2v) is 9.91. The molecule has 1 atom stereocenters. The Balaban J connectivity index is 1.34. The summed E-state index contributed by atoms with van der Waals surface area (Å²) in [6.45, 7) is 8.31. The predicted octanol–water partition coefficient (Wildman–Crippen LogP) is 5.59. The van der Waals surface area contributed by atoms with Gasteiger partial charge in [-0.05, 0) is 70.6 Å². The molecule has 2 heterocycles. The van der Waals surface area contributed by atoms with E-state index in [1.807, 2.05) is 36.1 Å². The largest absolute Gasteiger partial charge is 0.345 e. The van der Waals surface area contributed by atoms with Crippen LogP contribution in [-0.4, -0.2) is 41.0 Å². The van der Waals surface area contributed by atoms with Gasteiger partial charge in [-0.2, -0.15) is 0 Å². The maximum absolute atomic E-state index is 13.4. The molecular formula is C27H38N4O2. The molecule has 1 aromatic heterocycles. The molecule has 1 saturated heterocycles. The van der Waals surface area contributed by atoms with Gasteiger partial charge in [0.15, 0.2) is 0 Å². The lowest BCUT2D eigenvalue weighted by Gasteiger charge is -2.33. The van der Waals surface area contributed by atoms with E-state index < -0.39 is 0 Å². The zero-order valence-electron chi connectivity index (χ0n) is 20.3. The van der Waals surface area contributed by atoms with Gasteiger partial charge in [0, 0.05) is 42.8 Å². The van der Waals surface area contributed by atoms with Crippen LogP contribution in [0.1, 0.15) is 78.3 Å². The first-order valence-corrected chi connectivity index (χ1v) is 12.5. The fraction of sp³-hybridized carbons (Fsp3) is 0.556. The van der Waals surface area contributed by atoms with E-state index in [2.05, 4.69) is 35.1 Å². The van der Waals surface area contributed by atoms with Gasteiger partial charge in [-0.3, -0.25) is 4.79 Å². The molecule has 33 heavy (non-hydrogen) atoms. The number of carbonyl (C=O) groups is 2. The van der Waals surface area contributed by atoms with E-state index in [0.29, 0.717) is 19.1 Å². The van der Waals surface area contributed by atoms with Crippen molar-refractivity contribution >= 4 is 17.6 Å². The number of benzene rings is 1. The van der Waals surface area contributed by atoms with Gasteiger partial charge >= 0.3 is 6.03 Å². The van der Waals surface area contributed by atoms with Crippen LogP contribution in [0.2, 0.25) is 0 Å². The Morgan fingerprint density at radius 1 is 0.970 bits per heavy atom. The molecule has 2 aliphatic rings. The number of likely N-dealkylation sites (tertiary alicyclic amines) is 1. The van der Waals surface area contributed by atoms with E-state index in [1.54, 1.807) is 0 Å².